The van der Waals surface area contributed by atoms with Crippen LogP contribution in [0.2, 0.25) is 0 Å². The van der Waals surface area contributed by atoms with E-state index in [1.54, 1.807) is 36.4 Å². The molecule has 0 aromatic heterocycles. The third-order valence-corrected chi connectivity index (χ3v) is 3.78. The van der Waals surface area contributed by atoms with Crippen molar-refractivity contribution in [2.75, 3.05) is 24.6 Å². The van der Waals surface area contributed by atoms with Gasteiger partial charge in [0.15, 0.2) is 0 Å². The van der Waals surface area contributed by atoms with E-state index in [9.17, 15) is 14.6 Å². The number of halogens is 1. The van der Waals surface area contributed by atoms with Crippen molar-refractivity contribution in [3.8, 4) is 11.5 Å². The predicted molar refractivity (Wildman–Crippen MR) is 81.9 cm³/mol. The summed E-state index contributed by atoms with van der Waals surface area (Å²) in [5.74, 6) is 0.428. The fourth-order valence-corrected chi connectivity index (χ4v) is 2.77. The van der Waals surface area contributed by atoms with Crippen molar-refractivity contribution in [1.82, 2.24) is 0 Å². The summed E-state index contributed by atoms with van der Waals surface area (Å²) in [5, 5.41) is 18.8. The highest BCUT2D eigenvalue weighted by Crippen LogP contribution is 2.36. The summed E-state index contributed by atoms with van der Waals surface area (Å²) in [4.78, 5) is 1.99. The molecule has 0 saturated carbocycles. The Morgan fingerprint density at radius 1 is 1.23 bits per heavy atom. The first kappa shape index (κ1) is 14.7. The minimum atomic E-state index is -0.249. The normalized spacial score (nSPS) is 17.0. The Morgan fingerprint density at radius 2 is 2.05 bits per heavy atom. The molecule has 116 valence electrons. The summed E-state index contributed by atoms with van der Waals surface area (Å²) in [5.41, 5.74) is 1.43. The molecule has 1 aliphatic rings. The Bertz CT molecular complexity index is 662. The molecular weight excluding hydrogens is 285 g/mol. The molecule has 2 aromatic rings. The molecule has 1 aliphatic heterocycles. The molecule has 1 heterocycles. The number of fused-ring (bicyclic) bond motifs is 1. The molecule has 0 saturated heterocycles. The van der Waals surface area contributed by atoms with Crippen LogP contribution in [0.3, 0.4) is 0 Å². The summed E-state index contributed by atoms with van der Waals surface area (Å²) in [6.45, 7) is 1.05. The molecule has 0 aliphatic carbocycles. The zero-order chi connectivity index (χ0) is 15.5. The number of aliphatic hydroxyl groups excluding tert-OH is 1. The molecule has 0 radical (unpaired) electrons. The third kappa shape index (κ3) is 2.99. The second-order valence-electron chi connectivity index (χ2n) is 5.36. The van der Waals surface area contributed by atoms with Crippen LogP contribution in [-0.2, 0) is 6.42 Å². The van der Waals surface area contributed by atoms with E-state index < -0.39 is 0 Å². The lowest BCUT2D eigenvalue weighted by Gasteiger charge is -2.36. The number of benzene rings is 2. The summed E-state index contributed by atoms with van der Waals surface area (Å²) in [7, 11) is 0. The highest BCUT2D eigenvalue weighted by Gasteiger charge is 2.26. The average molecular weight is 303 g/mol. The first-order valence-corrected chi connectivity index (χ1v) is 7.26. The van der Waals surface area contributed by atoms with Gasteiger partial charge in [-0.25, -0.2) is 4.39 Å². The SMILES string of the molecule is OCCN1CC(Cc2ccccc2F)Oc2cc(O)ccc21. The molecule has 0 fully saturated rings. The molecule has 2 N–H and O–H groups in total. The van der Waals surface area contributed by atoms with Crippen LogP contribution < -0.4 is 9.64 Å². The number of hydrogen-bond donors (Lipinski definition) is 2. The van der Waals surface area contributed by atoms with Crippen molar-refractivity contribution < 1.29 is 19.3 Å². The lowest BCUT2D eigenvalue weighted by atomic mass is 10.0. The van der Waals surface area contributed by atoms with E-state index >= 15 is 0 Å². The van der Waals surface area contributed by atoms with Gasteiger partial charge in [0.05, 0.1) is 18.8 Å². The van der Waals surface area contributed by atoms with Gasteiger partial charge in [0.2, 0.25) is 0 Å². The Balaban J connectivity index is 1.84. The smallest absolute Gasteiger partial charge is 0.146 e. The Morgan fingerprint density at radius 3 is 2.82 bits per heavy atom. The summed E-state index contributed by atoms with van der Waals surface area (Å²) in [6, 6.07) is 11.5. The molecule has 0 amide bonds. The zero-order valence-corrected chi connectivity index (χ0v) is 12.1. The number of anilines is 1. The third-order valence-electron chi connectivity index (χ3n) is 3.78. The molecule has 2 aromatic carbocycles. The van der Waals surface area contributed by atoms with Crippen molar-refractivity contribution in [2.45, 2.75) is 12.5 Å². The van der Waals surface area contributed by atoms with E-state index in [2.05, 4.69) is 0 Å². The highest BCUT2D eigenvalue weighted by atomic mass is 19.1. The first-order chi connectivity index (χ1) is 10.7. The molecule has 4 nitrogen and oxygen atoms in total. The molecule has 0 bridgehead atoms. The maximum atomic E-state index is 13.8. The van der Waals surface area contributed by atoms with E-state index in [-0.39, 0.29) is 24.3 Å². The van der Waals surface area contributed by atoms with Gasteiger partial charge in [0, 0.05) is 19.0 Å². The number of β-amino-alcohol motifs (C(OH)–C–C–N with tert-alkyl or cyclic N) is 1. The molecular formula is C17H18FNO3. The number of phenolic OH excluding ortho intramolecular Hbond substituents is 1. The first-order valence-electron chi connectivity index (χ1n) is 7.26. The molecule has 1 unspecified atom stereocenters. The van der Waals surface area contributed by atoms with Gasteiger partial charge in [-0.2, -0.15) is 0 Å². The Kier molecular flexibility index (Phi) is 4.15. The highest BCUT2D eigenvalue weighted by molar-refractivity contribution is 5.62. The number of nitrogens with zero attached hydrogens (tertiary/aromatic N) is 1. The number of aliphatic hydroxyl groups is 1. The maximum absolute atomic E-state index is 13.8. The lowest BCUT2D eigenvalue weighted by molar-refractivity contribution is 0.187. The second kappa shape index (κ2) is 6.23. The van der Waals surface area contributed by atoms with Gasteiger partial charge >= 0.3 is 0 Å². The van der Waals surface area contributed by atoms with Gasteiger partial charge in [0.25, 0.3) is 0 Å². The van der Waals surface area contributed by atoms with E-state index in [0.29, 0.717) is 30.8 Å². The summed E-state index contributed by atoms with van der Waals surface area (Å²) in [6.07, 6.45) is 0.196. The van der Waals surface area contributed by atoms with Crippen LogP contribution >= 0.6 is 0 Å². The van der Waals surface area contributed by atoms with E-state index in [4.69, 9.17) is 4.74 Å². The van der Waals surface area contributed by atoms with Gasteiger partial charge < -0.3 is 19.8 Å². The average Bonchev–Trinajstić information content (AvgIpc) is 2.49. The Hall–Kier alpha value is -2.27. The molecule has 5 heteroatoms. The van der Waals surface area contributed by atoms with Crippen LogP contribution in [0.4, 0.5) is 10.1 Å². The van der Waals surface area contributed by atoms with Gasteiger partial charge in [-0.3, -0.25) is 0 Å². The monoisotopic (exact) mass is 303 g/mol. The van der Waals surface area contributed by atoms with Crippen molar-refractivity contribution in [3.05, 3.63) is 53.8 Å². The fraction of sp³-hybridized carbons (Fsp3) is 0.294. The van der Waals surface area contributed by atoms with E-state index in [1.165, 1.54) is 6.07 Å². The van der Waals surface area contributed by atoms with Crippen LogP contribution in [0.1, 0.15) is 5.56 Å². The molecule has 22 heavy (non-hydrogen) atoms. The van der Waals surface area contributed by atoms with Gasteiger partial charge in [-0.15, -0.1) is 0 Å². The molecule has 3 rings (SSSR count). The number of aromatic hydroxyl groups is 1. The number of rotatable bonds is 4. The largest absolute Gasteiger partial charge is 0.508 e. The van der Waals surface area contributed by atoms with Gasteiger partial charge in [-0.1, -0.05) is 18.2 Å². The lowest BCUT2D eigenvalue weighted by Crippen LogP contribution is -2.42. The summed E-state index contributed by atoms with van der Waals surface area (Å²) < 4.78 is 19.7. The topological polar surface area (TPSA) is 52.9 Å². The minimum absolute atomic E-state index is 0.0206. The standard InChI is InChI=1S/C17H18FNO3/c18-15-4-2-1-3-12(15)9-14-11-19(7-8-20)16-6-5-13(21)10-17(16)22-14/h1-6,10,14,20-21H,7-9,11H2. The van der Waals surface area contributed by atoms with Crippen LogP contribution in [0.5, 0.6) is 11.5 Å². The van der Waals surface area contributed by atoms with Crippen LogP contribution in [0.25, 0.3) is 0 Å². The van der Waals surface area contributed by atoms with Crippen molar-refractivity contribution in [2.24, 2.45) is 0 Å². The minimum Gasteiger partial charge on any atom is -0.508 e. The quantitative estimate of drug-likeness (QED) is 0.910. The maximum Gasteiger partial charge on any atom is 0.146 e. The van der Waals surface area contributed by atoms with Crippen LogP contribution in [0.15, 0.2) is 42.5 Å². The number of hydrogen-bond acceptors (Lipinski definition) is 4. The van der Waals surface area contributed by atoms with Gasteiger partial charge in [-0.05, 0) is 23.8 Å². The Labute approximate surface area is 128 Å². The zero-order valence-electron chi connectivity index (χ0n) is 12.1. The second-order valence-corrected chi connectivity index (χ2v) is 5.36. The predicted octanol–water partition coefficient (Wildman–Crippen LogP) is 2.33. The summed E-state index contributed by atoms with van der Waals surface area (Å²) >= 11 is 0. The number of ether oxygens (including phenoxy) is 1. The van der Waals surface area contributed by atoms with E-state index in [1.807, 2.05) is 4.90 Å². The van der Waals surface area contributed by atoms with Crippen LogP contribution in [-0.4, -0.2) is 36.0 Å². The fourth-order valence-electron chi connectivity index (χ4n) is 2.77. The van der Waals surface area contributed by atoms with Crippen LogP contribution in [0, 0.1) is 5.82 Å². The van der Waals surface area contributed by atoms with Gasteiger partial charge in [0.1, 0.15) is 23.4 Å². The van der Waals surface area contributed by atoms with Crippen molar-refractivity contribution in [3.63, 3.8) is 0 Å². The van der Waals surface area contributed by atoms with Crippen molar-refractivity contribution in [1.29, 1.82) is 0 Å². The molecule has 1 atom stereocenters. The number of phenols is 1. The molecule has 0 spiro atoms. The van der Waals surface area contributed by atoms with E-state index in [0.717, 1.165) is 5.69 Å². The van der Waals surface area contributed by atoms with Crippen molar-refractivity contribution >= 4 is 5.69 Å².